The van der Waals surface area contributed by atoms with E-state index < -0.39 is 0 Å². The molecule has 5 nitrogen and oxygen atoms in total. The molecule has 0 spiro atoms. The Balaban J connectivity index is 2.10. The largest absolute Gasteiger partial charge is 0.469 e. The lowest BCUT2D eigenvalue weighted by Gasteiger charge is -2.24. The number of esters is 1. The highest BCUT2D eigenvalue weighted by molar-refractivity contribution is 5.97. The van der Waals surface area contributed by atoms with E-state index in [1.807, 2.05) is 30.4 Å². The van der Waals surface area contributed by atoms with E-state index >= 15 is 0 Å². The van der Waals surface area contributed by atoms with Crippen molar-refractivity contribution < 1.29 is 14.3 Å². The molecule has 21 heavy (non-hydrogen) atoms. The first-order valence-corrected chi connectivity index (χ1v) is 6.98. The number of rotatable bonds is 5. The van der Waals surface area contributed by atoms with Crippen LogP contribution in [-0.2, 0) is 27.2 Å². The number of hydrogen-bond acceptors (Lipinski definition) is 4. The number of nitrogens with one attached hydrogen (secondary N) is 1. The predicted octanol–water partition coefficient (Wildman–Crippen LogP) is 1.42. The fraction of sp³-hybridized carbons (Fsp3) is 0.375. The average molecular weight is 288 g/mol. The molecule has 1 heterocycles. The van der Waals surface area contributed by atoms with Gasteiger partial charge in [0.1, 0.15) is 0 Å². The number of allylic oxidation sites excluding steroid dienone is 1. The van der Waals surface area contributed by atoms with Gasteiger partial charge in [0.25, 0.3) is 0 Å². The van der Waals surface area contributed by atoms with Crippen LogP contribution < -0.4 is 11.1 Å². The molecule has 1 aromatic carbocycles. The van der Waals surface area contributed by atoms with Crippen LogP contribution >= 0.6 is 0 Å². The SMILES string of the molecule is COC(=O)CC1Cc2ccc(CC=CCN)cc2NC1=O. The van der Waals surface area contributed by atoms with Gasteiger partial charge in [0.2, 0.25) is 5.91 Å². The van der Waals surface area contributed by atoms with Gasteiger partial charge in [-0.3, -0.25) is 9.59 Å². The normalized spacial score (nSPS) is 17.4. The number of nitrogens with two attached hydrogens (primary N) is 1. The molecule has 1 atom stereocenters. The molecule has 1 aliphatic heterocycles. The van der Waals surface area contributed by atoms with Crippen LogP contribution in [-0.4, -0.2) is 25.5 Å². The van der Waals surface area contributed by atoms with Crippen molar-refractivity contribution in [2.45, 2.75) is 19.3 Å². The molecule has 0 saturated carbocycles. The van der Waals surface area contributed by atoms with Crippen molar-refractivity contribution in [3.8, 4) is 0 Å². The number of anilines is 1. The zero-order valence-electron chi connectivity index (χ0n) is 12.1. The van der Waals surface area contributed by atoms with Crippen molar-refractivity contribution in [1.82, 2.24) is 0 Å². The van der Waals surface area contributed by atoms with Crippen LogP contribution in [0.1, 0.15) is 17.5 Å². The summed E-state index contributed by atoms with van der Waals surface area (Å²) in [6.45, 7) is 0.525. The minimum Gasteiger partial charge on any atom is -0.469 e. The van der Waals surface area contributed by atoms with Crippen LogP contribution in [0, 0.1) is 5.92 Å². The monoisotopic (exact) mass is 288 g/mol. The molecule has 1 unspecified atom stereocenters. The maximum absolute atomic E-state index is 12.0. The summed E-state index contributed by atoms with van der Waals surface area (Å²) < 4.78 is 4.63. The van der Waals surface area contributed by atoms with Gasteiger partial charge >= 0.3 is 5.97 Å². The van der Waals surface area contributed by atoms with E-state index in [1.54, 1.807) is 0 Å². The van der Waals surface area contributed by atoms with Gasteiger partial charge in [0, 0.05) is 12.2 Å². The van der Waals surface area contributed by atoms with Crippen LogP contribution in [0.25, 0.3) is 0 Å². The van der Waals surface area contributed by atoms with Crippen molar-refractivity contribution in [2.24, 2.45) is 11.7 Å². The second kappa shape index (κ2) is 7.04. The third kappa shape index (κ3) is 3.92. The molecule has 0 aromatic heterocycles. The first-order chi connectivity index (χ1) is 10.1. The Labute approximate surface area is 124 Å². The zero-order chi connectivity index (χ0) is 15.2. The zero-order valence-corrected chi connectivity index (χ0v) is 12.1. The highest BCUT2D eigenvalue weighted by Crippen LogP contribution is 2.28. The van der Waals surface area contributed by atoms with Crippen LogP contribution in [0.4, 0.5) is 5.69 Å². The number of methoxy groups -OCH3 is 1. The second-order valence-electron chi connectivity index (χ2n) is 5.07. The number of ether oxygens (including phenoxy) is 1. The molecular weight excluding hydrogens is 268 g/mol. The van der Waals surface area contributed by atoms with Crippen LogP contribution in [0.3, 0.4) is 0 Å². The Morgan fingerprint density at radius 3 is 3.00 bits per heavy atom. The standard InChI is InChI=1S/C16H20N2O3/c1-21-15(19)10-13-9-12-6-5-11(4-2-3-7-17)8-14(12)18-16(13)20/h2-3,5-6,8,13H,4,7,9-10,17H2,1H3,(H,18,20). The maximum Gasteiger partial charge on any atom is 0.306 e. The van der Waals surface area contributed by atoms with Crippen molar-refractivity contribution in [2.75, 3.05) is 19.0 Å². The van der Waals surface area contributed by atoms with Gasteiger partial charge in [-0.25, -0.2) is 0 Å². The predicted molar refractivity (Wildman–Crippen MR) is 80.8 cm³/mol. The van der Waals surface area contributed by atoms with Gasteiger partial charge in [-0.1, -0.05) is 24.3 Å². The van der Waals surface area contributed by atoms with E-state index in [1.165, 1.54) is 7.11 Å². The lowest BCUT2D eigenvalue weighted by molar-refractivity contribution is -0.143. The number of hydrogen-bond donors (Lipinski definition) is 2. The van der Waals surface area contributed by atoms with Crippen molar-refractivity contribution in [1.29, 1.82) is 0 Å². The van der Waals surface area contributed by atoms with Gasteiger partial charge in [-0.05, 0) is 30.0 Å². The first kappa shape index (κ1) is 15.3. The molecule has 1 aromatic rings. The molecule has 0 saturated heterocycles. The van der Waals surface area contributed by atoms with Gasteiger partial charge in [0.05, 0.1) is 19.4 Å². The first-order valence-electron chi connectivity index (χ1n) is 6.98. The minimum atomic E-state index is -0.359. The minimum absolute atomic E-state index is 0.114. The van der Waals surface area contributed by atoms with Crippen LogP contribution in [0.2, 0.25) is 0 Å². The van der Waals surface area contributed by atoms with Gasteiger partial charge < -0.3 is 15.8 Å². The van der Waals surface area contributed by atoms with Crippen LogP contribution in [0.15, 0.2) is 30.4 Å². The van der Waals surface area contributed by atoms with E-state index in [9.17, 15) is 9.59 Å². The topological polar surface area (TPSA) is 81.4 Å². The van der Waals surface area contributed by atoms with E-state index in [4.69, 9.17) is 5.73 Å². The summed E-state index contributed by atoms with van der Waals surface area (Å²) in [4.78, 5) is 23.3. The lowest BCUT2D eigenvalue weighted by Crippen LogP contribution is -2.31. The summed E-state index contributed by atoms with van der Waals surface area (Å²) in [7, 11) is 1.33. The summed E-state index contributed by atoms with van der Waals surface area (Å²) in [5.41, 5.74) is 8.41. The second-order valence-corrected chi connectivity index (χ2v) is 5.07. The van der Waals surface area contributed by atoms with Gasteiger partial charge in [-0.15, -0.1) is 0 Å². The van der Waals surface area contributed by atoms with Gasteiger partial charge in [0.15, 0.2) is 0 Å². The number of amides is 1. The molecule has 2 rings (SSSR count). The van der Waals surface area contributed by atoms with Crippen molar-refractivity contribution in [3.63, 3.8) is 0 Å². The van der Waals surface area contributed by atoms with E-state index in [0.717, 1.165) is 23.2 Å². The van der Waals surface area contributed by atoms with Crippen molar-refractivity contribution >= 4 is 17.6 Å². The fourth-order valence-corrected chi connectivity index (χ4v) is 2.40. The van der Waals surface area contributed by atoms with E-state index in [-0.39, 0.29) is 24.2 Å². The average Bonchev–Trinajstić information content (AvgIpc) is 2.48. The number of carbonyl (C=O) groups is 2. The molecule has 1 amide bonds. The Kier molecular flexibility index (Phi) is 5.11. The molecule has 0 bridgehead atoms. The number of fused-ring (bicyclic) bond motifs is 1. The quantitative estimate of drug-likeness (QED) is 0.634. The fourth-order valence-electron chi connectivity index (χ4n) is 2.40. The molecule has 112 valence electrons. The maximum atomic E-state index is 12.0. The van der Waals surface area contributed by atoms with Crippen LogP contribution in [0.5, 0.6) is 0 Å². The molecule has 5 heteroatoms. The molecule has 0 fully saturated rings. The summed E-state index contributed by atoms with van der Waals surface area (Å²) >= 11 is 0. The lowest BCUT2D eigenvalue weighted by atomic mass is 9.90. The van der Waals surface area contributed by atoms with Crippen molar-refractivity contribution in [3.05, 3.63) is 41.5 Å². The Hall–Kier alpha value is -2.14. The Morgan fingerprint density at radius 1 is 1.48 bits per heavy atom. The third-order valence-corrected chi connectivity index (χ3v) is 3.57. The molecular formula is C16H20N2O3. The highest BCUT2D eigenvalue weighted by Gasteiger charge is 2.28. The van der Waals surface area contributed by atoms with E-state index in [0.29, 0.717) is 13.0 Å². The molecule has 1 aliphatic rings. The summed E-state index contributed by atoms with van der Waals surface area (Å²) in [5, 5.41) is 2.87. The smallest absolute Gasteiger partial charge is 0.306 e. The van der Waals surface area contributed by atoms with Gasteiger partial charge in [-0.2, -0.15) is 0 Å². The summed E-state index contributed by atoms with van der Waals surface area (Å²) in [6.07, 6.45) is 5.38. The number of carbonyl (C=O) groups excluding carboxylic acids is 2. The molecule has 0 radical (unpaired) electrons. The highest BCUT2D eigenvalue weighted by atomic mass is 16.5. The summed E-state index contributed by atoms with van der Waals surface area (Å²) in [6, 6.07) is 6.01. The number of benzene rings is 1. The summed E-state index contributed by atoms with van der Waals surface area (Å²) in [5.74, 6) is -0.836. The molecule has 0 aliphatic carbocycles. The molecule has 3 N–H and O–H groups in total. The Morgan fingerprint density at radius 2 is 2.29 bits per heavy atom. The van der Waals surface area contributed by atoms with E-state index in [2.05, 4.69) is 10.1 Å². The third-order valence-electron chi connectivity index (χ3n) is 3.57. The Bertz CT molecular complexity index is 567.